The molecule has 0 aliphatic rings. The fourth-order valence-corrected chi connectivity index (χ4v) is 2.72. The van der Waals surface area contributed by atoms with Gasteiger partial charge >= 0.3 is 0 Å². The van der Waals surface area contributed by atoms with Gasteiger partial charge in [0.2, 0.25) is 5.91 Å². The SMILES string of the molecule is CCC(C(=O)NC)N(Cc1ccc(C)cc1)C(=O)COc1ccccc1. The Hall–Kier alpha value is -2.82. The third-order valence-corrected chi connectivity index (χ3v) is 4.21. The maximum Gasteiger partial charge on any atom is 0.261 e. The van der Waals surface area contributed by atoms with Crippen molar-refractivity contribution in [3.63, 3.8) is 0 Å². The van der Waals surface area contributed by atoms with E-state index in [1.165, 1.54) is 0 Å². The van der Waals surface area contributed by atoms with Crippen LogP contribution in [0, 0.1) is 6.92 Å². The first-order valence-corrected chi connectivity index (χ1v) is 8.79. The van der Waals surface area contributed by atoms with Gasteiger partial charge in [0.05, 0.1) is 0 Å². The van der Waals surface area contributed by atoms with Crippen molar-refractivity contribution in [3.05, 3.63) is 65.7 Å². The Labute approximate surface area is 155 Å². The molecule has 1 N–H and O–H groups in total. The Morgan fingerprint density at radius 1 is 1.08 bits per heavy atom. The second kappa shape index (κ2) is 9.61. The maximum absolute atomic E-state index is 12.8. The molecule has 26 heavy (non-hydrogen) atoms. The molecule has 0 radical (unpaired) electrons. The van der Waals surface area contributed by atoms with Crippen LogP contribution in [-0.4, -0.2) is 36.4 Å². The van der Waals surface area contributed by atoms with E-state index in [1.54, 1.807) is 24.1 Å². The minimum atomic E-state index is -0.534. The second-order valence-corrected chi connectivity index (χ2v) is 6.15. The molecule has 5 heteroatoms. The Bertz CT molecular complexity index is 714. The number of nitrogens with one attached hydrogen (secondary N) is 1. The Balaban J connectivity index is 2.16. The number of benzene rings is 2. The summed E-state index contributed by atoms with van der Waals surface area (Å²) < 4.78 is 5.59. The van der Waals surface area contributed by atoms with Crippen molar-refractivity contribution in [2.24, 2.45) is 0 Å². The highest BCUT2D eigenvalue weighted by atomic mass is 16.5. The average molecular weight is 354 g/mol. The van der Waals surface area contributed by atoms with Gasteiger partial charge in [0.25, 0.3) is 5.91 Å². The summed E-state index contributed by atoms with van der Waals surface area (Å²) in [4.78, 5) is 26.7. The van der Waals surface area contributed by atoms with Crippen LogP contribution in [0.3, 0.4) is 0 Å². The molecule has 0 heterocycles. The van der Waals surface area contributed by atoms with E-state index >= 15 is 0 Å². The van der Waals surface area contributed by atoms with Crippen LogP contribution in [0.25, 0.3) is 0 Å². The third kappa shape index (κ3) is 5.34. The summed E-state index contributed by atoms with van der Waals surface area (Å²) in [5, 5.41) is 2.65. The van der Waals surface area contributed by atoms with Gasteiger partial charge in [-0.3, -0.25) is 9.59 Å². The molecule has 1 unspecified atom stereocenters. The highest BCUT2D eigenvalue weighted by molar-refractivity contribution is 5.88. The summed E-state index contributed by atoms with van der Waals surface area (Å²) in [5.74, 6) is 0.238. The van der Waals surface area contributed by atoms with Crippen molar-refractivity contribution in [1.29, 1.82) is 0 Å². The molecule has 2 rings (SSSR count). The van der Waals surface area contributed by atoms with Gasteiger partial charge in [-0.25, -0.2) is 0 Å². The molecule has 0 aromatic heterocycles. The van der Waals surface area contributed by atoms with Gasteiger partial charge in [0.1, 0.15) is 11.8 Å². The topological polar surface area (TPSA) is 58.6 Å². The molecule has 2 amide bonds. The molecule has 2 aromatic rings. The van der Waals surface area contributed by atoms with E-state index < -0.39 is 6.04 Å². The van der Waals surface area contributed by atoms with E-state index in [0.717, 1.165) is 11.1 Å². The number of para-hydroxylation sites is 1. The molecule has 0 saturated carbocycles. The summed E-state index contributed by atoms with van der Waals surface area (Å²) in [6, 6.07) is 16.6. The van der Waals surface area contributed by atoms with Crippen molar-refractivity contribution in [1.82, 2.24) is 10.2 Å². The summed E-state index contributed by atoms with van der Waals surface area (Å²) in [7, 11) is 1.58. The van der Waals surface area contributed by atoms with Gasteiger partial charge in [-0.2, -0.15) is 0 Å². The number of hydrogen-bond acceptors (Lipinski definition) is 3. The van der Waals surface area contributed by atoms with Crippen LogP contribution < -0.4 is 10.1 Å². The van der Waals surface area contributed by atoms with E-state index in [2.05, 4.69) is 5.32 Å². The number of aryl methyl sites for hydroxylation is 1. The van der Waals surface area contributed by atoms with Gasteiger partial charge in [0, 0.05) is 13.6 Å². The molecule has 5 nitrogen and oxygen atoms in total. The highest BCUT2D eigenvalue weighted by Gasteiger charge is 2.28. The van der Waals surface area contributed by atoms with E-state index in [0.29, 0.717) is 18.7 Å². The minimum absolute atomic E-state index is 0.108. The molecule has 0 saturated heterocycles. The summed E-state index contributed by atoms with van der Waals surface area (Å²) >= 11 is 0. The van der Waals surface area contributed by atoms with Crippen molar-refractivity contribution in [2.75, 3.05) is 13.7 Å². The summed E-state index contributed by atoms with van der Waals surface area (Å²) in [6.45, 7) is 4.17. The largest absolute Gasteiger partial charge is 0.484 e. The number of amides is 2. The standard InChI is InChI=1S/C21H26N2O3/c1-4-19(21(25)22-3)23(14-17-12-10-16(2)11-13-17)20(24)15-26-18-8-6-5-7-9-18/h5-13,19H,4,14-15H2,1-3H3,(H,22,25). The van der Waals surface area contributed by atoms with Crippen LogP contribution in [0.15, 0.2) is 54.6 Å². The lowest BCUT2D eigenvalue weighted by Gasteiger charge is -2.30. The van der Waals surface area contributed by atoms with Crippen LogP contribution in [0.2, 0.25) is 0 Å². The molecular formula is C21H26N2O3. The van der Waals surface area contributed by atoms with E-state index in [1.807, 2.05) is 56.3 Å². The van der Waals surface area contributed by atoms with Crippen LogP contribution in [0.5, 0.6) is 5.75 Å². The fraction of sp³-hybridized carbons (Fsp3) is 0.333. The number of carbonyl (C=O) groups excluding carboxylic acids is 2. The first-order valence-electron chi connectivity index (χ1n) is 8.79. The van der Waals surface area contributed by atoms with Crippen molar-refractivity contribution >= 4 is 11.8 Å². The predicted molar refractivity (Wildman–Crippen MR) is 102 cm³/mol. The van der Waals surface area contributed by atoms with Crippen molar-refractivity contribution in [3.8, 4) is 5.75 Å². The predicted octanol–water partition coefficient (Wildman–Crippen LogP) is 2.93. The summed E-state index contributed by atoms with van der Waals surface area (Å²) in [6.07, 6.45) is 0.530. The van der Waals surface area contributed by atoms with Crippen LogP contribution in [0.4, 0.5) is 0 Å². The smallest absolute Gasteiger partial charge is 0.261 e. The van der Waals surface area contributed by atoms with Gasteiger partial charge < -0.3 is 15.0 Å². The van der Waals surface area contributed by atoms with Gasteiger partial charge in [-0.15, -0.1) is 0 Å². The van der Waals surface area contributed by atoms with Crippen LogP contribution in [0.1, 0.15) is 24.5 Å². The van der Waals surface area contributed by atoms with Gasteiger partial charge in [-0.1, -0.05) is 55.0 Å². The zero-order chi connectivity index (χ0) is 18.9. The molecule has 138 valence electrons. The Morgan fingerprint density at radius 2 is 1.73 bits per heavy atom. The van der Waals surface area contributed by atoms with E-state index in [-0.39, 0.29) is 18.4 Å². The summed E-state index contributed by atoms with van der Waals surface area (Å²) in [5.41, 5.74) is 2.13. The van der Waals surface area contributed by atoms with Crippen LogP contribution in [-0.2, 0) is 16.1 Å². The maximum atomic E-state index is 12.8. The molecule has 0 aliphatic heterocycles. The molecule has 0 fully saturated rings. The minimum Gasteiger partial charge on any atom is -0.484 e. The van der Waals surface area contributed by atoms with E-state index in [9.17, 15) is 9.59 Å². The van der Waals surface area contributed by atoms with Gasteiger partial charge in [-0.05, 0) is 31.0 Å². The highest BCUT2D eigenvalue weighted by Crippen LogP contribution is 2.14. The first-order chi connectivity index (χ1) is 12.5. The molecule has 1 atom stereocenters. The van der Waals surface area contributed by atoms with Crippen LogP contribution >= 0.6 is 0 Å². The van der Waals surface area contributed by atoms with Gasteiger partial charge in [0.15, 0.2) is 6.61 Å². The number of nitrogens with zero attached hydrogens (tertiary/aromatic N) is 1. The van der Waals surface area contributed by atoms with Crippen molar-refractivity contribution in [2.45, 2.75) is 32.9 Å². The quantitative estimate of drug-likeness (QED) is 0.793. The number of ether oxygens (including phenoxy) is 1. The number of hydrogen-bond donors (Lipinski definition) is 1. The Kier molecular flexibility index (Phi) is 7.21. The second-order valence-electron chi connectivity index (χ2n) is 6.15. The lowest BCUT2D eigenvalue weighted by molar-refractivity contribution is -0.142. The third-order valence-electron chi connectivity index (χ3n) is 4.21. The lowest BCUT2D eigenvalue weighted by atomic mass is 10.1. The number of carbonyl (C=O) groups is 2. The molecule has 0 spiro atoms. The first kappa shape index (κ1) is 19.5. The normalized spacial score (nSPS) is 11.5. The molecule has 0 bridgehead atoms. The molecular weight excluding hydrogens is 328 g/mol. The Morgan fingerprint density at radius 3 is 2.31 bits per heavy atom. The lowest BCUT2D eigenvalue weighted by Crippen LogP contribution is -2.49. The molecule has 2 aromatic carbocycles. The molecule has 0 aliphatic carbocycles. The van der Waals surface area contributed by atoms with E-state index in [4.69, 9.17) is 4.74 Å². The average Bonchev–Trinajstić information content (AvgIpc) is 2.68. The zero-order valence-corrected chi connectivity index (χ0v) is 15.6. The number of likely N-dealkylation sites (N-methyl/N-ethyl adjacent to an activating group) is 1. The zero-order valence-electron chi connectivity index (χ0n) is 15.6. The van der Waals surface area contributed by atoms with Crippen molar-refractivity contribution < 1.29 is 14.3 Å². The monoisotopic (exact) mass is 354 g/mol. The number of rotatable bonds is 8. The fourth-order valence-electron chi connectivity index (χ4n) is 2.72.